The Labute approximate surface area is 221 Å². The predicted molar refractivity (Wildman–Crippen MR) is 122 cm³/mol. The van der Waals surface area contributed by atoms with Crippen LogP contribution in [0, 0.1) is 6.92 Å². The minimum atomic E-state index is -4.87. The molecule has 3 heterocycles. The van der Waals surface area contributed by atoms with Crippen molar-refractivity contribution in [1.82, 2.24) is 9.80 Å². The smallest absolute Gasteiger partial charge is 0.435 e. The summed E-state index contributed by atoms with van der Waals surface area (Å²) >= 11 is 0. The highest BCUT2D eigenvalue weighted by molar-refractivity contribution is 6.07. The van der Waals surface area contributed by atoms with E-state index < -0.39 is 61.7 Å². The van der Waals surface area contributed by atoms with Gasteiger partial charge in [0.05, 0.1) is 5.71 Å². The number of nitrogens with zero attached hydrogens (tertiary/aromatic N) is 3. The second kappa shape index (κ2) is 9.41. The van der Waals surface area contributed by atoms with E-state index >= 15 is 0 Å². The first-order valence-corrected chi connectivity index (χ1v) is 11.7. The summed E-state index contributed by atoms with van der Waals surface area (Å²) in [5.41, 5.74) is -2.60. The molecule has 0 N–H and O–H groups in total. The summed E-state index contributed by atoms with van der Waals surface area (Å²) in [7, 11) is 0. The molecule has 1 atom stereocenters. The largest absolute Gasteiger partial charge is 0.454 e. The fourth-order valence-electron chi connectivity index (χ4n) is 4.65. The molecule has 3 amide bonds. The third-order valence-electron chi connectivity index (χ3n) is 6.69. The molecule has 3 aliphatic heterocycles. The molecule has 1 unspecified atom stereocenters. The van der Waals surface area contributed by atoms with Crippen LogP contribution in [0.15, 0.2) is 41.6 Å². The third kappa shape index (κ3) is 4.79. The molecule has 2 aromatic carbocycles. The SMILES string of the molecule is Cc1cc(C2=NOC(c3ccc4c(c3)OCO4)(C(F)(F)F)C2)ccc1C(=O)N1CC(=O)N(CC(F)(F)F)C(=O)C1. The molecule has 1 fully saturated rings. The molecule has 40 heavy (non-hydrogen) atoms. The van der Waals surface area contributed by atoms with Crippen LogP contribution in [-0.4, -0.2) is 72.0 Å². The van der Waals surface area contributed by atoms with Crippen molar-refractivity contribution in [3.63, 3.8) is 0 Å². The van der Waals surface area contributed by atoms with Gasteiger partial charge in [0, 0.05) is 17.5 Å². The van der Waals surface area contributed by atoms with E-state index in [4.69, 9.17) is 14.3 Å². The number of ether oxygens (including phenoxy) is 2. The number of hydrogen-bond donors (Lipinski definition) is 0. The number of carbonyl (C=O) groups excluding carboxylic acids is 3. The summed E-state index contributed by atoms with van der Waals surface area (Å²) in [6.45, 7) is -1.89. The van der Waals surface area contributed by atoms with Gasteiger partial charge in [-0.05, 0) is 42.3 Å². The molecule has 9 nitrogen and oxygen atoms in total. The van der Waals surface area contributed by atoms with Gasteiger partial charge in [-0.3, -0.25) is 19.3 Å². The maximum absolute atomic E-state index is 14.3. The van der Waals surface area contributed by atoms with Crippen LogP contribution in [0.3, 0.4) is 0 Å². The Hall–Kier alpha value is -4.30. The number of carbonyl (C=O) groups is 3. The fraction of sp³-hybridized carbons (Fsp3) is 0.360. The van der Waals surface area contributed by atoms with E-state index in [0.29, 0.717) is 5.75 Å². The van der Waals surface area contributed by atoms with E-state index in [-0.39, 0.29) is 45.4 Å². The van der Waals surface area contributed by atoms with Crippen molar-refractivity contribution in [3.05, 3.63) is 58.7 Å². The molecule has 0 bridgehead atoms. The lowest BCUT2D eigenvalue weighted by molar-refractivity contribution is -0.275. The first kappa shape index (κ1) is 27.3. The van der Waals surface area contributed by atoms with E-state index in [0.717, 1.165) is 4.90 Å². The van der Waals surface area contributed by atoms with Gasteiger partial charge < -0.3 is 19.2 Å². The highest BCUT2D eigenvalue weighted by Gasteiger charge is 2.62. The maximum Gasteiger partial charge on any atom is 0.435 e. The van der Waals surface area contributed by atoms with Gasteiger partial charge in [0.25, 0.3) is 11.5 Å². The molecule has 0 spiro atoms. The Kier molecular flexibility index (Phi) is 6.42. The van der Waals surface area contributed by atoms with Gasteiger partial charge in [0.15, 0.2) is 11.5 Å². The topological polar surface area (TPSA) is 97.7 Å². The standard InChI is InChI=1S/C25H19F6N3O6/c1-13-6-14(2-4-16(13)22(37)33-9-20(35)34(21(36)10-33)11-24(26,27)28)17-8-23(40-32-17,25(29,30)31)15-3-5-18-19(7-15)39-12-38-18/h2-7H,8-12H2,1H3. The van der Waals surface area contributed by atoms with E-state index in [1.165, 1.54) is 43.3 Å². The molecule has 212 valence electrons. The Balaban J connectivity index is 1.35. The van der Waals surface area contributed by atoms with E-state index in [1.54, 1.807) is 0 Å². The molecule has 3 aliphatic rings. The van der Waals surface area contributed by atoms with Gasteiger partial charge in [0.1, 0.15) is 19.6 Å². The van der Waals surface area contributed by atoms with Gasteiger partial charge in [-0.2, -0.15) is 26.3 Å². The number of alkyl halides is 6. The minimum Gasteiger partial charge on any atom is -0.454 e. The number of fused-ring (bicyclic) bond motifs is 1. The average Bonchev–Trinajstić information content (AvgIpc) is 3.52. The molecule has 0 saturated carbocycles. The molecule has 5 rings (SSSR count). The van der Waals surface area contributed by atoms with Crippen LogP contribution in [-0.2, 0) is 20.0 Å². The summed E-state index contributed by atoms with van der Waals surface area (Å²) in [6, 6.07) is 7.74. The summed E-state index contributed by atoms with van der Waals surface area (Å²) in [4.78, 5) is 43.2. The van der Waals surface area contributed by atoms with Crippen LogP contribution < -0.4 is 9.47 Å². The zero-order chi connectivity index (χ0) is 29.0. The summed E-state index contributed by atoms with van der Waals surface area (Å²) in [5, 5.41) is 3.70. The number of hydrogen-bond acceptors (Lipinski definition) is 7. The number of imide groups is 1. The van der Waals surface area contributed by atoms with Crippen molar-refractivity contribution >= 4 is 23.4 Å². The van der Waals surface area contributed by atoms with Crippen LogP contribution in [0.1, 0.15) is 33.5 Å². The van der Waals surface area contributed by atoms with Gasteiger partial charge in [-0.25, -0.2) is 0 Å². The van der Waals surface area contributed by atoms with E-state index in [2.05, 4.69) is 5.16 Å². The van der Waals surface area contributed by atoms with E-state index in [1.807, 2.05) is 0 Å². The lowest BCUT2D eigenvalue weighted by Crippen LogP contribution is -2.57. The molecule has 0 aromatic heterocycles. The Bertz CT molecular complexity index is 1420. The van der Waals surface area contributed by atoms with Gasteiger partial charge in [-0.1, -0.05) is 17.3 Å². The number of aryl methyl sites for hydroxylation is 1. The summed E-state index contributed by atoms with van der Waals surface area (Å²) in [6.07, 6.45) is -10.3. The highest BCUT2D eigenvalue weighted by atomic mass is 19.4. The number of oxime groups is 1. The average molecular weight is 571 g/mol. The number of benzene rings is 2. The molecular weight excluding hydrogens is 552 g/mol. The maximum atomic E-state index is 14.3. The van der Waals surface area contributed by atoms with Crippen molar-refractivity contribution in [1.29, 1.82) is 0 Å². The predicted octanol–water partition coefficient (Wildman–Crippen LogP) is 3.68. The lowest BCUT2D eigenvalue weighted by Gasteiger charge is -2.33. The second-order valence-electron chi connectivity index (χ2n) is 9.38. The fourth-order valence-corrected chi connectivity index (χ4v) is 4.65. The van der Waals surface area contributed by atoms with Crippen LogP contribution in [0.4, 0.5) is 26.3 Å². The third-order valence-corrected chi connectivity index (χ3v) is 6.69. The summed E-state index contributed by atoms with van der Waals surface area (Å²) in [5.74, 6) is -2.73. The number of piperazine rings is 1. The van der Waals surface area contributed by atoms with Crippen LogP contribution in [0.2, 0.25) is 0 Å². The van der Waals surface area contributed by atoms with Crippen LogP contribution in [0.25, 0.3) is 0 Å². The first-order chi connectivity index (χ1) is 18.7. The lowest BCUT2D eigenvalue weighted by atomic mass is 9.86. The first-order valence-electron chi connectivity index (χ1n) is 11.7. The number of rotatable bonds is 4. The minimum absolute atomic E-state index is 0.00555. The van der Waals surface area contributed by atoms with Gasteiger partial charge in [-0.15, -0.1) is 0 Å². The Morgan fingerprint density at radius 3 is 2.27 bits per heavy atom. The van der Waals surface area contributed by atoms with Crippen LogP contribution >= 0.6 is 0 Å². The molecule has 15 heteroatoms. The normalized spacial score (nSPS) is 21.0. The molecule has 1 saturated heterocycles. The second-order valence-corrected chi connectivity index (χ2v) is 9.38. The highest BCUT2D eigenvalue weighted by Crippen LogP contribution is 2.50. The van der Waals surface area contributed by atoms with Crippen molar-refractivity contribution in [3.8, 4) is 11.5 Å². The van der Waals surface area contributed by atoms with Gasteiger partial charge in [0.2, 0.25) is 18.6 Å². The Morgan fingerprint density at radius 1 is 0.975 bits per heavy atom. The monoisotopic (exact) mass is 571 g/mol. The van der Waals surface area contributed by atoms with Crippen molar-refractivity contribution in [2.24, 2.45) is 5.16 Å². The molecule has 0 aliphatic carbocycles. The van der Waals surface area contributed by atoms with E-state index in [9.17, 15) is 40.7 Å². The molecule has 0 radical (unpaired) electrons. The van der Waals surface area contributed by atoms with Crippen molar-refractivity contribution in [2.75, 3.05) is 26.4 Å². The van der Waals surface area contributed by atoms with Gasteiger partial charge >= 0.3 is 12.4 Å². The quantitative estimate of drug-likeness (QED) is 0.411. The Morgan fingerprint density at radius 2 is 1.65 bits per heavy atom. The molecular formula is C25H19F6N3O6. The zero-order valence-corrected chi connectivity index (χ0v) is 20.6. The van der Waals surface area contributed by atoms with Crippen molar-refractivity contribution < 1.29 is 55.0 Å². The zero-order valence-electron chi connectivity index (χ0n) is 20.6. The molecule has 2 aromatic rings. The van der Waals surface area contributed by atoms with Crippen molar-refractivity contribution in [2.45, 2.75) is 31.3 Å². The summed E-state index contributed by atoms with van der Waals surface area (Å²) < 4.78 is 91.4. The number of amides is 3. The number of halogens is 6. The van der Waals surface area contributed by atoms with Crippen LogP contribution in [0.5, 0.6) is 11.5 Å².